The number of sulfonamides is 1. The van der Waals surface area contributed by atoms with Crippen molar-refractivity contribution in [2.75, 3.05) is 0 Å². The van der Waals surface area contributed by atoms with Gasteiger partial charge in [-0.25, -0.2) is 17.5 Å². The van der Waals surface area contributed by atoms with Gasteiger partial charge in [-0.3, -0.25) is 4.79 Å². The largest absolute Gasteiger partial charge is 0.481 e. The lowest BCUT2D eigenvalue weighted by molar-refractivity contribution is -0.137. The van der Waals surface area contributed by atoms with Gasteiger partial charge in [0.05, 0.1) is 11.3 Å². The lowest BCUT2D eigenvalue weighted by Crippen LogP contribution is -2.39. The number of nitrogens with zero attached hydrogens (tertiary/aromatic N) is 1. The monoisotopic (exact) mass is 418 g/mol. The second kappa shape index (κ2) is 7.61. The van der Waals surface area contributed by atoms with Crippen LogP contribution in [0.3, 0.4) is 0 Å². The molecule has 0 unspecified atom stereocenters. The lowest BCUT2D eigenvalue weighted by atomic mass is 9.92. The maximum absolute atomic E-state index is 13.1. The molecule has 1 heterocycles. The predicted molar refractivity (Wildman–Crippen MR) is 109 cm³/mol. The molecule has 2 aromatic carbocycles. The SMILES string of the molecule is O=C(O)CCn1c2c(c3ccccc31)C[C@H](NS(=O)(=O)c1ccc(F)cc1)CC2.[HH]. The number of hydrogen-bond acceptors (Lipinski definition) is 3. The highest BCUT2D eigenvalue weighted by atomic mass is 32.2. The number of halogens is 1. The minimum Gasteiger partial charge on any atom is -0.481 e. The maximum atomic E-state index is 13.1. The Bertz CT molecular complexity index is 1180. The van der Waals surface area contributed by atoms with Crippen molar-refractivity contribution in [1.82, 2.24) is 9.29 Å². The third-order valence-corrected chi connectivity index (χ3v) is 6.91. The fourth-order valence-corrected chi connectivity index (χ4v) is 5.34. The van der Waals surface area contributed by atoms with Crippen LogP contribution >= 0.6 is 0 Å². The molecule has 0 fully saturated rings. The van der Waals surface area contributed by atoms with Crippen molar-refractivity contribution < 1.29 is 24.1 Å². The standard InChI is InChI=1S/C21H21FN2O4S.H2/c22-14-5-8-16(9-6-14)29(27,28)23-15-7-10-20-18(13-15)17-3-1-2-4-19(17)24(20)12-11-21(25)26;/h1-6,8-9,15,23H,7,10-13H2,(H,25,26);1H/t15-;/m1./s1. The number of aromatic nitrogens is 1. The van der Waals surface area contributed by atoms with Crippen LogP contribution in [0, 0.1) is 5.82 Å². The summed E-state index contributed by atoms with van der Waals surface area (Å²) in [4.78, 5) is 11.1. The fourth-order valence-electron chi connectivity index (χ4n) is 4.07. The molecule has 1 aliphatic carbocycles. The molecular weight excluding hydrogens is 395 g/mol. The number of nitrogens with one attached hydrogen (secondary N) is 1. The van der Waals surface area contributed by atoms with Crippen LogP contribution in [-0.4, -0.2) is 30.1 Å². The molecule has 2 N–H and O–H groups in total. The number of hydrogen-bond donors (Lipinski definition) is 2. The average molecular weight is 418 g/mol. The first-order valence-electron chi connectivity index (χ1n) is 9.44. The Morgan fingerprint density at radius 3 is 2.66 bits per heavy atom. The van der Waals surface area contributed by atoms with Gasteiger partial charge in [-0.15, -0.1) is 0 Å². The molecule has 0 saturated heterocycles. The van der Waals surface area contributed by atoms with Crippen LogP contribution in [0.4, 0.5) is 4.39 Å². The fraction of sp³-hybridized carbons (Fsp3) is 0.286. The van der Waals surface area contributed by atoms with Crippen LogP contribution in [0.5, 0.6) is 0 Å². The van der Waals surface area contributed by atoms with Crippen LogP contribution in [0.1, 0.15) is 25.5 Å². The summed E-state index contributed by atoms with van der Waals surface area (Å²) < 4.78 is 43.2. The van der Waals surface area contributed by atoms with Gasteiger partial charge in [0.2, 0.25) is 10.0 Å². The molecule has 0 aliphatic heterocycles. The summed E-state index contributed by atoms with van der Waals surface area (Å²) >= 11 is 0. The molecule has 3 aromatic rings. The Balaban J connectivity index is 0.00000256. The van der Waals surface area contributed by atoms with E-state index in [0.29, 0.717) is 25.8 Å². The van der Waals surface area contributed by atoms with Crippen molar-refractivity contribution >= 4 is 26.9 Å². The first-order valence-corrected chi connectivity index (χ1v) is 10.9. The molecule has 1 atom stereocenters. The molecule has 8 heteroatoms. The highest BCUT2D eigenvalue weighted by Gasteiger charge is 2.28. The Labute approximate surface area is 169 Å². The number of benzene rings is 2. The van der Waals surface area contributed by atoms with Gasteiger partial charge >= 0.3 is 5.97 Å². The van der Waals surface area contributed by atoms with Crippen molar-refractivity contribution in [3.8, 4) is 0 Å². The molecular formula is C21H23FN2O4S. The normalized spacial score (nSPS) is 16.7. The van der Waals surface area contributed by atoms with E-state index in [1.54, 1.807) is 0 Å². The van der Waals surface area contributed by atoms with E-state index in [2.05, 4.69) is 4.72 Å². The molecule has 0 amide bonds. The van der Waals surface area contributed by atoms with Gasteiger partial charge in [0, 0.05) is 30.6 Å². The first-order chi connectivity index (χ1) is 13.8. The maximum Gasteiger partial charge on any atom is 0.305 e. The minimum atomic E-state index is -3.75. The number of carboxylic acids is 1. The smallest absolute Gasteiger partial charge is 0.305 e. The molecule has 4 rings (SSSR count). The Kier molecular flexibility index (Phi) is 5.14. The lowest BCUT2D eigenvalue weighted by Gasteiger charge is -2.25. The summed E-state index contributed by atoms with van der Waals surface area (Å²) in [5.74, 6) is -1.34. The topological polar surface area (TPSA) is 88.4 Å². The third kappa shape index (κ3) is 3.90. The molecule has 1 aliphatic rings. The molecule has 6 nitrogen and oxygen atoms in total. The zero-order valence-corrected chi connectivity index (χ0v) is 16.5. The van der Waals surface area contributed by atoms with E-state index in [-0.39, 0.29) is 18.8 Å². The first kappa shape index (κ1) is 19.6. The van der Waals surface area contributed by atoms with Crippen LogP contribution in [0.25, 0.3) is 10.9 Å². The summed E-state index contributed by atoms with van der Waals surface area (Å²) in [5, 5.41) is 10.1. The number of para-hydroxylation sites is 1. The van der Waals surface area contributed by atoms with E-state index in [4.69, 9.17) is 5.11 Å². The number of carboxylic acid groups (broad SMARTS) is 1. The summed E-state index contributed by atoms with van der Waals surface area (Å²) in [6.07, 6.45) is 1.82. The van der Waals surface area contributed by atoms with Crippen LogP contribution in [0.15, 0.2) is 53.4 Å². The number of rotatable bonds is 6. The molecule has 0 spiro atoms. The van der Waals surface area contributed by atoms with E-state index < -0.39 is 21.8 Å². The van der Waals surface area contributed by atoms with E-state index in [1.807, 2.05) is 28.8 Å². The van der Waals surface area contributed by atoms with Crippen molar-refractivity contribution in [2.24, 2.45) is 0 Å². The minimum absolute atomic E-state index is 0. The highest BCUT2D eigenvalue weighted by molar-refractivity contribution is 7.89. The average Bonchev–Trinajstić information content (AvgIpc) is 2.99. The van der Waals surface area contributed by atoms with Gasteiger partial charge < -0.3 is 9.67 Å². The van der Waals surface area contributed by atoms with Gasteiger partial charge in [-0.1, -0.05) is 18.2 Å². The third-order valence-electron chi connectivity index (χ3n) is 5.37. The number of fused-ring (bicyclic) bond motifs is 3. The number of aryl methyl sites for hydroxylation is 1. The van der Waals surface area contributed by atoms with Crippen LogP contribution in [-0.2, 0) is 34.2 Å². The molecule has 0 radical (unpaired) electrons. The zero-order valence-electron chi connectivity index (χ0n) is 15.6. The summed E-state index contributed by atoms with van der Waals surface area (Å²) in [6.45, 7) is 0.386. The molecule has 0 bridgehead atoms. The second-order valence-electron chi connectivity index (χ2n) is 7.25. The van der Waals surface area contributed by atoms with Crippen molar-refractivity contribution in [3.05, 3.63) is 65.6 Å². The van der Waals surface area contributed by atoms with E-state index in [9.17, 15) is 17.6 Å². The summed E-state index contributed by atoms with van der Waals surface area (Å²) in [5.41, 5.74) is 3.11. The van der Waals surface area contributed by atoms with Crippen molar-refractivity contribution in [2.45, 2.75) is 43.2 Å². The second-order valence-corrected chi connectivity index (χ2v) is 8.97. The number of carbonyl (C=O) groups is 1. The zero-order chi connectivity index (χ0) is 20.6. The van der Waals surface area contributed by atoms with E-state index >= 15 is 0 Å². The van der Waals surface area contributed by atoms with E-state index in [1.165, 1.54) is 12.1 Å². The van der Waals surface area contributed by atoms with Crippen LogP contribution < -0.4 is 4.72 Å². The van der Waals surface area contributed by atoms with Crippen molar-refractivity contribution in [3.63, 3.8) is 0 Å². The summed E-state index contributed by atoms with van der Waals surface area (Å²) in [7, 11) is -3.75. The van der Waals surface area contributed by atoms with E-state index in [0.717, 1.165) is 34.3 Å². The van der Waals surface area contributed by atoms with Gasteiger partial charge in [-0.05, 0) is 55.2 Å². The summed E-state index contributed by atoms with van der Waals surface area (Å²) in [6, 6.07) is 12.3. The van der Waals surface area contributed by atoms with Gasteiger partial charge in [0.15, 0.2) is 0 Å². The Morgan fingerprint density at radius 2 is 1.93 bits per heavy atom. The van der Waals surface area contributed by atoms with Gasteiger partial charge in [0.25, 0.3) is 0 Å². The predicted octanol–water partition coefficient (Wildman–Crippen LogP) is 3.34. The Hall–Kier alpha value is -2.71. The Morgan fingerprint density at radius 1 is 1.21 bits per heavy atom. The highest BCUT2D eigenvalue weighted by Crippen LogP contribution is 2.33. The molecule has 1 aromatic heterocycles. The van der Waals surface area contributed by atoms with Crippen LogP contribution in [0.2, 0.25) is 0 Å². The van der Waals surface area contributed by atoms with Crippen molar-refractivity contribution in [1.29, 1.82) is 0 Å². The quantitative estimate of drug-likeness (QED) is 0.643. The molecule has 0 saturated carbocycles. The number of aliphatic carboxylic acids is 1. The molecule has 29 heavy (non-hydrogen) atoms. The van der Waals surface area contributed by atoms with Gasteiger partial charge in [-0.2, -0.15) is 0 Å². The van der Waals surface area contributed by atoms with Gasteiger partial charge in [0.1, 0.15) is 5.82 Å². The molecule has 154 valence electrons.